The maximum atomic E-state index is 9.89. The lowest BCUT2D eigenvalue weighted by atomic mass is 10.5. The predicted octanol–water partition coefficient (Wildman–Crippen LogP) is 0.661. The second-order valence-electron chi connectivity index (χ2n) is 0.964. The molecule has 0 radical (unpaired) electrons. The fourth-order valence-corrected chi connectivity index (χ4v) is 0.304. The van der Waals surface area contributed by atoms with Crippen LogP contribution in [0, 0.1) is 5.21 Å². The van der Waals surface area contributed by atoms with E-state index in [0.29, 0.717) is 4.74 Å². The van der Waals surface area contributed by atoms with Crippen LogP contribution in [-0.2, 0) is 0 Å². The maximum absolute atomic E-state index is 9.89. The van der Waals surface area contributed by atoms with Crippen LogP contribution in [-0.4, -0.2) is 9.91 Å². The average Bonchev–Trinajstić information content (AvgIpc) is 1.61. The Bertz CT molecular complexity index is 113. The summed E-state index contributed by atoms with van der Waals surface area (Å²) < 4.78 is 0.599. The third-order valence-corrected chi connectivity index (χ3v) is 0.851. The Balaban J connectivity index is 2.71. The molecule has 0 bridgehead atoms. The van der Waals surface area contributed by atoms with Crippen molar-refractivity contribution in [3.05, 3.63) is 17.5 Å². The highest BCUT2D eigenvalue weighted by Gasteiger charge is 2.06. The minimum absolute atomic E-state index is 0.259. The molecule has 0 aromatic rings. The highest BCUT2D eigenvalue weighted by molar-refractivity contribution is 6.67. The molecule has 0 amide bonds. The topological polar surface area (TPSA) is 26.1 Å². The molecule has 0 atom stereocenters. The van der Waals surface area contributed by atoms with Gasteiger partial charge in [0.25, 0.3) is 5.17 Å². The van der Waals surface area contributed by atoms with Crippen molar-refractivity contribution in [2.75, 3.05) is 0 Å². The second-order valence-corrected chi connectivity index (χ2v) is 1.35. The van der Waals surface area contributed by atoms with Crippen LogP contribution in [0.3, 0.4) is 0 Å². The van der Waals surface area contributed by atoms with Crippen molar-refractivity contribution in [2.24, 2.45) is 0 Å². The highest BCUT2D eigenvalue weighted by Crippen LogP contribution is 1.97. The van der Waals surface area contributed by atoms with Gasteiger partial charge in [0.2, 0.25) is 0 Å². The summed E-state index contributed by atoms with van der Waals surface area (Å²) >= 11 is 5.14. The van der Waals surface area contributed by atoms with Gasteiger partial charge in [0, 0.05) is 0 Å². The fraction of sp³-hybridized carbons (Fsp3) is 0. The fourth-order valence-electron chi connectivity index (χ4n) is 0.192. The molecule has 1 heterocycles. The molecule has 3 heteroatoms. The maximum Gasteiger partial charge on any atom is 0.292 e. The normalized spacial score (nSPS) is 18.2. The van der Waals surface area contributed by atoms with Gasteiger partial charge >= 0.3 is 0 Å². The van der Waals surface area contributed by atoms with E-state index in [4.69, 9.17) is 11.6 Å². The molecular weight excluding hydrogens is 101 g/mol. The molecule has 0 N–H and O–H groups in total. The number of allylic oxidation sites excluding steroid dienone is 1. The Morgan fingerprint density at radius 1 is 1.83 bits per heavy atom. The van der Waals surface area contributed by atoms with Crippen LogP contribution in [0.5, 0.6) is 0 Å². The Kier molecular flexibility index (Phi) is 0.601. The molecule has 0 spiro atoms. The summed E-state index contributed by atoms with van der Waals surface area (Å²) in [4.78, 5) is 0. The van der Waals surface area contributed by atoms with E-state index in [0.717, 1.165) is 0 Å². The zero-order valence-corrected chi connectivity index (χ0v) is 3.64. The Morgan fingerprint density at radius 3 is 2.33 bits per heavy atom. The standard InChI is InChI=1S/C3H2ClNO/c4-3-1-2-5(3)6/h1-2H. The van der Waals surface area contributed by atoms with E-state index in [1.54, 1.807) is 0 Å². The summed E-state index contributed by atoms with van der Waals surface area (Å²) in [6.07, 6.45) is 2.89. The number of nitrogens with zero attached hydrogens (tertiary/aromatic N) is 1. The Morgan fingerprint density at radius 2 is 2.33 bits per heavy atom. The molecule has 0 fully saturated rings. The third kappa shape index (κ3) is 0.303. The summed E-state index contributed by atoms with van der Waals surface area (Å²) in [6, 6.07) is 0. The minimum Gasteiger partial charge on any atom is -0.618 e. The van der Waals surface area contributed by atoms with Crippen molar-refractivity contribution >= 4 is 16.8 Å². The van der Waals surface area contributed by atoms with Gasteiger partial charge in [0.05, 0.1) is 6.08 Å². The number of hydrogen-bond donors (Lipinski definition) is 0. The SMILES string of the molecule is [O-][N+]1=C(Cl)C=C1. The summed E-state index contributed by atoms with van der Waals surface area (Å²) in [5.41, 5.74) is 0. The molecule has 0 saturated heterocycles. The molecule has 0 aliphatic carbocycles. The lowest BCUT2D eigenvalue weighted by Crippen LogP contribution is -2.09. The monoisotopic (exact) mass is 103 g/mol. The van der Waals surface area contributed by atoms with Crippen LogP contribution in [0.25, 0.3) is 0 Å². The Hall–Kier alpha value is -0.500. The molecular formula is C3H2ClNO. The van der Waals surface area contributed by atoms with Gasteiger partial charge in [-0.05, 0) is 11.6 Å². The second kappa shape index (κ2) is 0.980. The molecule has 1 rings (SSSR count). The molecule has 2 nitrogen and oxygen atoms in total. The summed E-state index contributed by atoms with van der Waals surface area (Å²) in [7, 11) is 0. The van der Waals surface area contributed by atoms with Crippen molar-refractivity contribution in [1.29, 1.82) is 0 Å². The van der Waals surface area contributed by atoms with Gasteiger partial charge in [-0.1, -0.05) is 0 Å². The van der Waals surface area contributed by atoms with Gasteiger partial charge < -0.3 is 5.21 Å². The molecule has 0 saturated carbocycles. The van der Waals surface area contributed by atoms with Crippen molar-refractivity contribution in [2.45, 2.75) is 0 Å². The first-order valence-electron chi connectivity index (χ1n) is 1.48. The van der Waals surface area contributed by atoms with E-state index in [-0.39, 0.29) is 5.17 Å². The lowest BCUT2D eigenvalue weighted by Gasteiger charge is -2.00. The largest absolute Gasteiger partial charge is 0.618 e. The van der Waals surface area contributed by atoms with Gasteiger partial charge in [-0.3, -0.25) is 0 Å². The van der Waals surface area contributed by atoms with E-state index < -0.39 is 0 Å². The predicted molar refractivity (Wildman–Crippen MR) is 23.6 cm³/mol. The van der Waals surface area contributed by atoms with Gasteiger partial charge in [-0.25, -0.2) is 0 Å². The molecule has 0 unspecified atom stereocenters. The smallest absolute Gasteiger partial charge is 0.292 e. The van der Waals surface area contributed by atoms with Crippen molar-refractivity contribution in [3.8, 4) is 0 Å². The highest BCUT2D eigenvalue weighted by atomic mass is 35.5. The molecule has 0 aromatic heterocycles. The molecule has 6 heavy (non-hydrogen) atoms. The number of halogens is 1. The van der Waals surface area contributed by atoms with Crippen molar-refractivity contribution < 1.29 is 4.74 Å². The van der Waals surface area contributed by atoms with E-state index in [1.807, 2.05) is 0 Å². The zero-order valence-electron chi connectivity index (χ0n) is 2.89. The van der Waals surface area contributed by atoms with Gasteiger partial charge in [0.15, 0.2) is 6.20 Å². The number of hydrogen-bond acceptors (Lipinski definition) is 1. The molecule has 32 valence electrons. The quantitative estimate of drug-likeness (QED) is 0.327. The van der Waals surface area contributed by atoms with E-state index in [1.165, 1.54) is 12.3 Å². The molecule has 1 aliphatic heterocycles. The molecule has 0 aromatic carbocycles. The van der Waals surface area contributed by atoms with Crippen molar-refractivity contribution in [1.82, 2.24) is 0 Å². The van der Waals surface area contributed by atoms with Crippen LogP contribution >= 0.6 is 11.6 Å². The van der Waals surface area contributed by atoms with Crippen LogP contribution in [0.1, 0.15) is 0 Å². The third-order valence-electron chi connectivity index (χ3n) is 0.558. The van der Waals surface area contributed by atoms with Crippen LogP contribution in [0.2, 0.25) is 0 Å². The van der Waals surface area contributed by atoms with Crippen LogP contribution < -0.4 is 0 Å². The number of rotatable bonds is 0. The minimum atomic E-state index is 0.259. The summed E-state index contributed by atoms with van der Waals surface area (Å²) in [5.74, 6) is 0. The zero-order chi connectivity index (χ0) is 4.57. The van der Waals surface area contributed by atoms with E-state index >= 15 is 0 Å². The van der Waals surface area contributed by atoms with Gasteiger partial charge in [-0.15, -0.1) is 0 Å². The summed E-state index contributed by atoms with van der Waals surface area (Å²) in [6.45, 7) is 0. The first kappa shape index (κ1) is 3.68. The van der Waals surface area contributed by atoms with Crippen molar-refractivity contribution in [3.63, 3.8) is 0 Å². The van der Waals surface area contributed by atoms with Crippen LogP contribution in [0.4, 0.5) is 0 Å². The average molecular weight is 104 g/mol. The van der Waals surface area contributed by atoms with Gasteiger partial charge in [0.1, 0.15) is 0 Å². The molecule has 1 aliphatic rings. The number of hydroxylamine groups is 1. The first-order chi connectivity index (χ1) is 2.80. The van der Waals surface area contributed by atoms with Crippen LogP contribution in [0.15, 0.2) is 12.3 Å². The Labute approximate surface area is 39.9 Å². The van der Waals surface area contributed by atoms with Gasteiger partial charge in [-0.2, -0.15) is 4.74 Å². The summed E-state index contributed by atoms with van der Waals surface area (Å²) in [5, 5.41) is 10.2. The van der Waals surface area contributed by atoms with E-state index in [9.17, 15) is 5.21 Å². The lowest BCUT2D eigenvalue weighted by molar-refractivity contribution is -0.386. The first-order valence-corrected chi connectivity index (χ1v) is 1.85. The van der Waals surface area contributed by atoms with E-state index in [2.05, 4.69) is 0 Å².